The van der Waals surface area contributed by atoms with E-state index >= 15 is 0 Å². The molecular weight excluding hydrogens is 148 g/mol. The van der Waals surface area contributed by atoms with Crippen molar-refractivity contribution in [2.75, 3.05) is 11.4 Å². The van der Waals surface area contributed by atoms with Gasteiger partial charge in [-0.25, -0.2) is 0 Å². The van der Waals surface area contributed by atoms with Crippen molar-refractivity contribution in [1.29, 1.82) is 0 Å². The fraction of sp³-hybridized carbons (Fsp3) is 0.300. The van der Waals surface area contributed by atoms with Crippen molar-refractivity contribution < 1.29 is 0 Å². The first-order valence-corrected chi connectivity index (χ1v) is 4.30. The summed E-state index contributed by atoms with van der Waals surface area (Å²) in [7, 11) is 0. The minimum atomic E-state index is 1.13. The minimum absolute atomic E-state index is 1.13. The molecule has 0 radical (unpaired) electrons. The average molecular weight is 160 g/mol. The third-order valence-electron chi connectivity index (χ3n) is 2.05. The van der Waals surface area contributed by atoms with E-state index in [1.54, 1.807) is 0 Å². The van der Waals surface area contributed by atoms with Crippen LogP contribution in [0.5, 0.6) is 0 Å². The molecule has 2 rings (SSSR count). The molecule has 62 valence electrons. The Kier molecular flexibility index (Phi) is 2.08. The van der Waals surface area contributed by atoms with E-state index in [0.717, 1.165) is 6.54 Å². The average Bonchev–Trinajstić information content (AvgIpc) is 2.21. The summed E-state index contributed by atoms with van der Waals surface area (Å²) in [5.74, 6) is 0. The lowest BCUT2D eigenvalue weighted by Gasteiger charge is -2.22. The van der Waals surface area contributed by atoms with Crippen molar-refractivity contribution in [3.8, 4) is 0 Å². The number of pyridine rings is 1. The molecule has 0 amide bonds. The van der Waals surface area contributed by atoms with E-state index in [1.807, 2.05) is 24.5 Å². The van der Waals surface area contributed by atoms with E-state index in [1.165, 1.54) is 18.5 Å². The monoisotopic (exact) mass is 160 g/mol. The fourth-order valence-corrected chi connectivity index (χ4v) is 1.41. The second-order valence-electron chi connectivity index (χ2n) is 2.93. The molecule has 0 aliphatic carbocycles. The van der Waals surface area contributed by atoms with E-state index in [-0.39, 0.29) is 0 Å². The van der Waals surface area contributed by atoms with Crippen LogP contribution in [0.2, 0.25) is 0 Å². The molecule has 0 saturated heterocycles. The van der Waals surface area contributed by atoms with Gasteiger partial charge in [0.25, 0.3) is 0 Å². The van der Waals surface area contributed by atoms with Gasteiger partial charge in [0.05, 0.1) is 0 Å². The van der Waals surface area contributed by atoms with Gasteiger partial charge in [0.15, 0.2) is 0 Å². The van der Waals surface area contributed by atoms with Crippen LogP contribution < -0.4 is 4.90 Å². The first kappa shape index (κ1) is 7.35. The lowest BCUT2D eigenvalue weighted by molar-refractivity contribution is 0.786. The molecule has 0 fully saturated rings. The molecule has 0 bridgehead atoms. The maximum atomic E-state index is 3.99. The van der Waals surface area contributed by atoms with Crippen LogP contribution >= 0.6 is 0 Å². The number of hydrogen-bond acceptors (Lipinski definition) is 2. The maximum Gasteiger partial charge on any atom is 0.0436 e. The fourth-order valence-electron chi connectivity index (χ4n) is 1.41. The molecule has 0 N–H and O–H groups in total. The van der Waals surface area contributed by atoms with Gasteiger partial charge in [0.1, 0.15) is 0 Å². The van der Waals surface area contributed by atoms with Gasteiger partial charge in [0, 0.05) is 30.8 Å². The summed E-state index contributed by atoms with van der Waals surface area (Å²) in [5.41, 5.74) is 1.24. The molecule has 0 unspecified atom stereocenters. The van der Waals surface area contributed by atoms with Crippen molar-refractivity contribution in [2.45, 2.75) is 12.8 Å². The molecule has 1 aliphatic heterocycles. The Bertz CT molecular complexity index is 266. The molecule has 0 spiro atoms. The second kappa shape index (κ2) is 3.39. The van der Waals surface area contributed by atoms with E-state index < -0.39 is 0 Å². The number of allylic oxidation sites excluding steroid dienone is 1. The Labute approximate surface area is 72.5 Å². The number of anilines is 1. The molecule has 1 aromatic heterocycles. The Hall–Kier alpha value is -1.31. The quantitative estimate of drug-likeness (QED) is 0.626. The SMILES string of the molecule is C1=CN(c2ccncc2)CCC1. The summed E-state index contributed by atoms with van der Waals surface area (Å²) in [6.45, 7) is 1.13. The normalized spacial score (nSPS) is 16.5. The number of aromatic nitrogens is 1. The van der Waals surface area contributed by atoms with E-state index in [2.05, 4.69) is 22.2 Å². The van der Waals surface area contributed by atoms with Gasteiger partial charge in [-0.1, -0.05) is 6.08 Å². The molecule has 2 heteroatoms. The first-order valence-electron chi connectivity index (χ1n) is 4.30. The van der Waals surface area contributed by atoms with Crippen LogP contribution in [0.4, 0.5) is 5.69 Å². The van der Waals surface area contributed by atoms with Gasteiger partial charge in [-0.2, -0.15) is 0 Å². The molecular formula is C10H12N2. The lowest BCUT2D eigenvalue weighted by atomic mass is 10.2. The molecule has 1 aromatic rings. The van der Waals surface area contributed by atoms with Gasteiger partial charge >= 0.3 is 0 Å². The number of hydrogen-bond donors (Lipinski definition) is 0. The van der Waals surface area contributed by atoms with E-state index in [0.29, 0.717) is 0 Å². The third kappa shape index (κ3) is 1.47. The highest BCUT2D eigenvalue weighted by molar-refractivity contribution is 5.48. The Balaban J connectivity index is 2.19. The zero-order valence-corrected chi connectivity index (χ0v) is 6.98. The lowest BCUT2D eigenvalue weighted by Crippen LogP contribution is -2.19. The highest BCUT2D eigenvalue weighted by atomic mass is 15.1. The highest BCUT2D eigenvalue weighted by Gasteiger charge is 2.04. The van der Waals surface area contributed by atoms with E-state index in [9.17, 15) is 0 Å². The minimum Gasteiger partial charge on any atom is -0.348 e. The smallest absolute Gasteiger partial charge is 0.0436 e. The number of rotatable bonds is 1. The van der Waals surface area contributed by atoms with Crippen molar-refractivity contribution in [3.05, 3.63) is 36.8 Å². The standard InChI is InChI=1S/C10H12N2/c1-2-8-12(9-3-1)10-4-6-11-7-5-10/h2,4-8H,1,3,9H2. The van der Waals surface area contributed by atoms with Crippen LogP contribution in [0.15, 0.2) is 36.8 Å². The molecule has 1 aliphatic rings. The van der Waals surface area contributed by atoms with Crippen LogP contribution in [0.1, 0.15) is 12.8 Å². The zero-order valence-electron chi connectivity index (χ0n) is 6.98. The van der Waals surface area contributed by atoms with Crippen molar-refractivity contribution in [1.82, 2.24) is 4.98 Å². The van der Waals surface area contributed by atoms with Crippen LogP contribution in [-0.2, 0) is 0 Å². The summed E-state index contributed by atoms with van der Waals surface area (Å²) >= 11 is 0. The van der Waals surface area contributed by atoms with E-state index in [4.69, 9.17) is 0 Å². The Morgan fingerprint density at radius 1 is 1.25 bits per heavy atom. The van der Waals surface area contributed by atoms with Gasteiger partial charge in [-0.15, -0.1) is 0 Å². The number of nitrogens with zero attached hydrogens (tertiary/aromatic N) is 2. The topological polar surface area (TPSA) is 16.1 Å². The van der Waals surface area contributed by atoms with Crippen molar-refractivity contribution >= 4 is 5.69 Å². The summed E-state index contributed by atoms with van der Waals surface area (Å²) in [6, 6.07) is 4.07. The predicted octanol–water partition coefficient (Wildman–Crippen LogP) is 2.20. The van der Waals surface area contributed by atoms with Gasteiger partial charge < -0.3 is 4.90 Å². The van der Waals surface area contributed by atoms with Crippen LogP contribution in [-0.4, -0.2) is 11.5 Å². The van der Waals surface area contributed by atoms with Gasteiger partial charge in [-0.05, 0) is 25.0 Å². The van der Waals surface area contributed by atoms with Crippen LogP contribution in [0, 0.1) is 0 Å². The third-order valence-corrected chi connectivity index (χ3v) is 2.05. The summed E-state index contributed by atoms with van der Waals surface area (Å²) in [4.78, 5) is 6.24. The Morgan fingerprint density at radius 2 is 2.08 bits per heavy atom. The molecule has 0 saturated carbocycles. The maximum absolute atomic E-state index is 3.99. The Morgan fingerprint density at radius 3 is 2.75 bits per heavy atom. The van der Waals surface area contributed by atoms with Crippen LogP contribution in [0.25, 0.3) is 0 Å². The molecule has 12 heavy (non-hydrogen) atoms. The molecule has 0 atom stereocenters. The predicted molar refractivity (Wildman–Crippen MR) is 50.0 cm³/mol. The van der Waals surface area contributed by atoms with Crippen molar-refractivity contribution in [3.63, 3.8) is 0 Å². The largest absolute Gasteiger partial charge is 0.348 e. The van der Waals surface area contributed by atoms with Gasteiger partial charge in [-0.3, -0.25) is 4.98 Å². The second-order valence-corrected chi connectivity index (χ2v) is 2.93. The molecule has 2 heterocycles. The summed E-state index contributed by atoms with van der Waals surface area (Å²) in [5, 5.41) is 0. The van der Waals surface area contributed by atoms with Gasteiger partial charge in [0.2, 0.25) is 0 Å². The van der Waals surface area contributed by atoms with Crippen molar-refractivity contribution in [2.24, 2.45) is 0 Å². The summed E-state index contributed by atoms with van der Waals surface area (Å²) < 4.78 is 0. The van der Waals surface area contributed by atoms with Crippen LogP contribution in [0.3, 0.4) is 0 Å². The molecule has 0 aromatic carbocycles. The highest BCUT2D eigenvalue weighted by Crippen LogP contribution is 2.16. The summed E-state index contributed by atoms with van der Waals surface area (Å²) in [6.07, 6.45) is 10.5. The molecule has 2 nitrogen and oxygen atoms in total. The zero-order chi connectivity index (χ0) is 8.23. The first-order chi connectivity index (χ1) is 5.97.